The quantitative estimate of drug-likeness (QED) is 0.801. The summed E-state index contributed by atoms with van der Waals surface area (Å²) in [6.07, 6.45) is 5.60. The summed E-state index contributed by atoms with van der Waals surface area (Å²) >= 11 is 0. The average Bonchev–Trinajstić information content (AvgIpc) is 2.89. The molecular formula is C13H24N2O2. The van der Waals surface area contributed by atoms with Crippen molar-refractivity contribution in [1.82, 2.24) is 10.2 Å². The zero-order valence-electron chi connectivity index (χ0n) is 10.8. The van der Waals surface area contributed by atoms with Gasteiger partial charge in [-0.1, -0.05) is 6.92 Å². The number of piperidine rings is 1. The van der Waals surface area contributed by atoms with Crippen molar-refractivity contribution < 1.29 is 9.53 Å². The van der Waals surface area contributed by atoms with Crippen LogP contribution in [0, 0.1) is 0 Å². The van der Waals surface area contributed by atoms with E-state index in [4.69, 9.17) is 4.74 Å². The number of hydrogen-bond acceptors (Lipinski definition) is 3. The summed E-state index contributed by atoms with van der Waals surface area (Å²) < 4.78 is 5.76. The Labute approximate surface area is 104 Å². The van der Waals surface area contributed by atoms with Crippen molar-refractivity contribution in [3.8, 4) is 0 Å². The van der Waals surface area contributed by atoms with E-state index in [0.717, 1.165) is 58.3 Å². The Morgan fingerprint density at radius 2 is 2.29 bits per heavy atom. The molecule has 1 amide bonds. The first-order valence-corrected chi connectivity index (χ1v) is 6.95. The molecule has 0 spiro atoms. The third-order valence-electron chi connectivity index (χ3n) is 3.61. The molecule has 0 aromatic rings. The molecule has 0 aliphatic carbocycles. The Bertz CT molecular complexity index is 252. The second kappa shape index (κ2) is 6.36. The summed E-state index contributed by atoms with van der Waals surface area (Å²) in [5, 5.41) is 3.28. The van der Waals surface area contributed by atoms with Gasteiger partial charge in [0.05, 0.1) is 12.1 Å². The van der Waals surface area contributed by atoms with Gasteiger partial charge in [0.2, 0.25) is 5.91 Å². The molecular weight excluding hydrogens is 216 g/mol. The zero-order chi connectivity index (χ0) is 12.1. The van der Waals surface area contributed by atoms with E-state index < -0.39 is 0 Å². The number of nitrogens with zero attached hydrogens (tertiary/aromatic N) is 1. The summed E-state index contributed by atoms with van der Waals surface area (Å²) in [4.78, 5) is 14.2. The normalized spacial score (nSPS) is 29.6. The van der Waals surface area contributed by atoms with Crippen LogP contribution in [0.25, 0.3) is 0 Å². The molecule has 17 heavy (non-hydrogen) atoms. The monoisotopic (exact) mass is 240 g/mol. The van der Waals surface area contributed by atoms with Crippen LogP contribution < -0.4 is 5.32 Å². The molecule has 2 saturated heterocycles. The molecule has 0 aromatic carbocycles. The molecule has 2 aliphatic rings. The van der Waals surface area contributed by atoms with Crippen LogP contribution in [0.15, 0.2) is 0 Å². The average molecular weight is 240 g/mol. The number of amides is 1. The van der Waals surface area contributed by atoms with Gasteiger partial charge in [-0.25, -0.2) is 0 Å². The second-order valence-electron chi connectivity index (χ2n) is 5.07. The lowest BCUT2D eigenvalue weighted by molar-refractivity contribution is -0.137. The van der Waals surface area contributed by atoms with Crippen LogP contribution in [0.5, 0.6) is 0 Å². The second-order valence-corrected chi connectivity index (χ2v) is 5.07. The lowest BCUT2D eigenvalue weighted by Gasteiger charge is -2.34. The van der Waals surface area contributed by atoms with Crippen molar-refractivity contribution in [3.05, 3.63) is 0 Å². The Morgan fingerprint density at radius 1 is 1.41 bits per heavy atom. The predicted molar refractivity (Wildman–Crippen MR) is 66.9 cm³/mol. The first kappa shape index (κ1) is 12.8. The van der Waals surface area contributed by atoms with E-state index in [1.54, 1.807) is 0 Å². The number of nitrogens with one attached hydrogen (secondary N) is 1. The first-order chi connectivity index (χ1) is 8.31. The Hall–Kier alpha value is -0.610. The van der Waals surface area contributed by atoms with Gasteiger partial charge in [-0.05, 0) is 38.6 Å². The molecule has 2 rings (SSSR count). The highest BCUT2D eigenvalue weighted by molar-refractivity contribution is 5.82. The van der Waals surface area contributed by atoms with Crippen LogP contribution in [-0.2, 0) is 9.53 Å². The van der Waals surface area contributed by atoms with Gasteiger partial charge in [0.15, 0.2) is 0 Å². The topological polar surface area (TPSA) is 41.6 Å². The minimum atomic E-state index is 0.0694. The largest absolute Gasteiger partial charge is 0.376 e. The maximum atomic E-state index is 12.2. The van der Waals surface area contributed by atoms with E-state index in [1.165, 1.54) is 0 Å². The molecule has 2 aliphatic heterocycles. The van der Waals surface area contributed by atoms with Crippen molar-refractivity contribution in [1.29, 1.82) is 0 Å². The Kier molecular flexibility index (Phi) is 4.80. The Balaban J connectivity index is 1.81. The van der Waals surface area contributed by atoms with Crippen molar-refractivity contribution in [2.24, 2.45) is 0 Å². The standard InChI is InChI=1S/C13H24N2O2/c1-2-9-17-11-5-4-8-15(10-11)13(16)12-6-3-7-14-12/h11-12,14H,2-10H2,1H3/t11?,12-/m1/s1. The minimum absolute atomic E-state index is 0.0694. The highest BCUT2D eigenvalue weighted by Gasteiger charge is 2.30. The molecule has 0 aromatic heterocycles. The molecule has 1 unspecified atom stereocenters. The fourth-order valence-corrected chi connectivity index (χ4v) is 2.67. The fraction of sp³-hybridized carbons (Fsp3) is 0.923. The summed E-state index contributed by atoms with van der Waals surface area (Å²) in [6, 6.07) is 0.0694. The number of carbonyl (C=O) groups excluding carboxylic acids is 1. The smallest absolute Gasteiger partial charge is 0.239 e. The van der Waals surface area contributed by atoms with E-state index in [9.17, 15) is 4.79 Å². The molecule has 2 heterocycles. The van der Waals surface area contributed by atoms with Crippen molar-refractivity contribution in [2.45, 2.75) is 51.2 Å². The van der Waals surface area contributed by atoms with E-state index >= 15 is 0 Å². The maximum Gasteiger partial charge on any atom is 0.239 e. The Morgan fingerprint density at radius 3 is 3.00 bits per heavy atom. The number of ether oxygens (including phenoxy) is 1. The molecule has 4 heteroatoms. The number of hydrogen-bond donors (Lipinski definition) is 1. The van der Waals surface area contributed by atoms with Crippen LogP contribution in [0.2, 0.25) is 0 Å². The van der Waals surface area contributed by atoms with Gasteiger partial charge in [-0.3, -0.25) is 4.79 Å². The maximum absolute atomic E-state index is 12.2. The lowest BCUT2D eigenvalue weighted by atomic mass is 10.1. The van der Waals surface area contributed by atoms with Crippen LogP contribution >= 0.6 is 0 Å². The van der Waals surface area contributed by atoms with Crippen LogP contribution in [0.3, 0.4) is 0 Å². The number of rotatable bonds is 4. The van der Waals surface area contributed by atoms with Gasteiger partial charge in [0, 0.05) is 19.7 Å². The molecule has 1 N–H and O–H groups in total. The molecule has 2 atom stereocenters. The summed E-state index contributed by atoms with van der Waals surface area (Å²) in [7, 11) is 0. The van der Waals surface area contributed by atoms with Crippen molar-refractivity contribution in [3.63, 3.8) is 0 Å². The predicted octanol–water partition coefficient (Wildman–Crippen LogP) is 1.16. The third-order valence-corrected chi connectivity index (χ3v) is 3.61. The molecule has 0 bridgehead atoms. The van der Waals surface area contributed by atoms with E-state index in [0.29, 0.717) is 0 Å². The van der Waals surface area contributed by atoms with Gasteiger partial charge in [0.1, 0.15) is 0 Å². The summed E-state index contributed by atoms with van der Waals surface area (Å²) in [5.41, 5.74) is 0. The van der Waals surface area contributed by atoms with Crippen molar-refractivity contribution in [2.75, 3.05) is 26.2 Å². The molecule has 2 fully saturated rings. The minimum Gasteiger partial charge on any atom is -0.376 e. The van der Waals surface area contributed by atoms with Crippen LogP contribution in [0.1, 0.15) is 39.0 Å². The fourth-order valence-electron chi connectivity index (χ4n) is 2.67. The van der Waals surface area contributed by atoms with Gasteiger partial charge in [-0.15, -0.1) is 0 Å². The van der Waals surface area contributed by atoms with Gasteiger partial charge in [-0.2, -0.15) is 0 Å². The molecule has 98 valence electrons. The highest BCUT2D eigenvalue weighted by Crippen LogP contribution is 2.16. The first-order valence-electron chi connectivity index (χ1n) is 6.95. The summed E-state index contributed by atoms with van der Waals surface area (Å²) in [5.74, 6) is 0.285. The van der Waals surface area contributed by atoms with Crippen molar-refractivity contribution >= 4 is 5.91 Å². The third kappa shape index (κ3) is 3.42. The molecule has 4 nitrogen and oxygen atoms in total. The van der Waals surface area contributed by atoms with E-state index in [1.807, 2.05) is 4.90 Å². The SMILES string of the molecule is CCCOC1CCCN(C(=O)[C@H]2CCCN2)C1. The van der Waals surface area contributed by atoms with Gasteiger partial charge in [0.25, 0.3) is 0 Å². The number of likely N-dealkylation sites (tertiary alicyclic amines) is 1. The van der Waals surface area contributed by atoms with Crippen LogP contribution in [0.4, 0.5) is 0 Å². The summed E-state index contributed by atoms with van der Waals surface area (Å²) in [6.45, 7) is 5.61. The zero-order valence-corrected chi connectivity index (χ0v) is 10.8. The molecule has 0 saturated carbocycles. The molecule has 0 radical (unpaired) electrons. The van der Waals surface area contributed by atoms with Gasteiger partial charge >= 0.3 is 0 Å². The van der Waals surface area contributed by atoms with E-state index in [-0.39, 0.29) is 18.1 Å². The lowest BCUT2D eigenvalue weighted by Crippen LogP contribution is -2.49. The highest BCUT2D eigenvalue weighted by atomic mass is 16.5. The van der Waals surface area contributed by atoms with Crippen LogP contribution in [-0.4, -0.2) is 49.2 Å². The number of carbonyl (C=O) groups is 1. The van der Waals surface area contributed by atoms with Gasteiger partial charge < -0.3 is 15.0 Å². The van der Waals surface area contributed by atoms with E-state index in [2.05, 4.69) is 12.2 Å².